The Bertz CT molecular complexity index is 302. The van der Waals surface area contributed by atoms with Gasteiger partial charge >= 0.3 is 0 Å². The molecule has 1 aromatic heterocycles. The number of hydrogen-bond donors (Lipinski definition) is 0. The summed E-state index contributed by atoms with van der Waals surface area (Å²) in [4.78, 5) is 4.78. The lowest BCUT2D eigenvalue weighted by Crippen LogP contribution is -2.01. The van der Waals surface area contributed by atoms with E-state index in [0.29, 0.717) is 5.92 Å². The first-order valence-electron chi connectivity index (χ1n) is 7.17. The number of aryl methyl sites for hydroxylation is 2. The van der Waals surface area contributed by atoms with Crippen molar-refractivity contribution >= 4 is 0 Å². The van der Waals surface area contributed by atoms with Gasteiger partial charge in [0.1, 0.15) is 0 Å². The predicted molar refractivity (Wildman–Crippen MR) is 75.6 cm³/mol. The summed E-state index contributed by atoms with van der Waals surface area (Å²) in [7, 11) is 0. The molecule has 0 amide bonds. The molecule has 0 aliphatic rings. The van der Waals surface area contributed by atoms with Crippen LogP contribution in [0.15, 0.2) is 12.1 Å². The lowest BCUT2D eigenvalue weighted by Gasteiger charge is -2.11. The van der Waals surface area contributed by atoms with E-state index in [9.17, 15) is 0 Å². The van der Waals surface area contributed by atoms with E-state index in [1.807, 2.05) is 0 Å². The van der Waals surface area contributed by atoms with Gasteiger partial charge in [0.25, 0.3) is 0 Å². The third kappa shape index (κ3) is 4.89. The molecule has 1 heterocycles. The van der Waals surface area contributed by atoms with E-state index in [1.54, 1.807) is 0 Å². The molecule has 96 valence electrons. The molecule has 0 aliphatic carbocycles. The number of unbranched alkanes of at least 4 members (excludes halogenated alkanes) is 2. The number of pyridine rings is 1. The van der Waals surface area contributed by atoms with Crippen molar-refractivity contribution in [3.05, 3.63) is 29.1 Å². The van der Waals surface area contributed by atoms with E-state index < -0.39 is 0 Å². The normalized spacial score (nSPS) is 11.1. The molecule has 0 bridgehead atoms. The maximum Gasteiger partial charge on any atom is 0.0435 e. The van der Waals surface area contributed by atoms with Crippen LogP contribution in [0, 0.1) is 0 Å². The average Bonchev–Trinajstić information content (AvgIpc) is 2.33. The first-order chi connectivity index (χ1) is 8.17. The molecule has 0 spiro atoms. The van der Waals surface area contributed by atoms with Crippen molar-refractivity contribution in [1.82, 2.24) is 4.98 Å². The monoisotopic (exact) mass is 233 g/mol. The van der Waals surface area contributed by atoms with Crippen LogP contribution >= 0.6 is 0 Å². The Labute approximate surface area is 107 Å². The van der Waals surface area contributed by atoms with Gasteiger partial charge in [-0.25, -0.2) is 0 Å². The zero-order valence-corrected chi connectivity index (χ0v) is 11.9. The van der Waals surface area contributed by atoms with Gasteiger partial charge in [-0.3, -0.25) is 4.98 Å². The number of rotatable bonds is 7. The molecule has 17 heavy (non-hydrogen) atoms. The summed E-state index contributed by atoms with van der Waals surface area (Å²) in [5.74, 6) is 0.539. The molecule has 1 nitrogen and oxygen atoms in total. The maximum atomic E-state index is 4.78. The number of aromatic nitrogens is 1. The minimum absolute atomic E-state index is 0.539. The van der Waals surface area contributed by atoms with Gasteiger partial charge in [0.05, 0.1) is 0 Å². The average molecular weight is 233 g/mol. The highest BCUT2D eigenvalue weighted by molar-refractivity contribution is 5.23. The topological polar surface area (TPSA) is 12.9 Å². The Kier molecular flexibility index (Phi) is 6.25. The fraction of sp³-hybridized carbons (Fsp3) is 0.688. The summed E-state index contributed by atoms with van der Waals surface area (Å²) in [6.45, 7) is 8.96. The molecule has 1 rings (SSSR count). The van der Waals surface area contributed by atoms with Crippen LogP contribution in [-0.2, 0) is 12.8 Å². The largest absolute Gasteiger partial charge is 0.258 e. The van der Waals surface area contributed by atoms with Crippen LogP contribution < -0.4 is 0 Å². The Balaban J connectivity index is 2.84. The third-order valence-electron chi connectivity index (χ3n) is 3.16. The second-order valence-corrected chi connectivity index (χ2v) is 5.25. The molecule has 1 aromatic rings. The molecule has 1 heteroatoms. The smallest absolute Gasteiger partial charge is 0.0435 e. The highest BCUT2D eigenvalue weighted by Crippen LogP contribution is 2.17. The van der Waals surface area contributed by atoms with Gasteiger partial charge in [0.2, 0.25) is 0 Å². The van der Waals surface area contributed by atoms with Crippen molar-refractivity contribution in [2.45, 2.75) is 72.1 Å². The van der Waals surface area contributed by atoms with E-state index in [2.05, 4.69) is 39.8 Å². The summed E-state index contributed by atoms with van der Waals surface area (Å²) >= 11 is 0. The van der Waals surface area contributed by atoms with Gasteiger partial charge in [0.15, 0.2) is 0 Å². The predicted octanol–water partition coefficient (Wildman–Crippen LogP) is 4.89. The lowest BCUT2D eigenvalue weighted by molar-refractivity contribution is 0.738. The fourth-order valence-corrected chi connectivity index (χ4v) is 1.98. The standard InChI is InChI=1S/C16H27N/c1-5-7-9-14-11-15(10-8-6-2)17-16(12-14)13(3)4/h11-13H,5-10H2,1-4H3. The zero-order chi connectivity index (χ0) is 12.7. The van der Waals surface area contributed by atoms with Gasteiger partial charge in [-0.1, -0.05) is 40.5 Å². The molecular weight excluding hydrogens is 206 g/mol. The van der Waals surface area contributed by atoms with Crippen molar-refractivity contribution < 1.29 is 0 Å². The van der Waals surface area contributed by atoms with Crippen molar-refractivity contribution in [2.75, 3.05) is 0 Å². The molecule has 0 aliphatic heterocycles. The molecule has 0 fully saturated rings. The van der Waals surface area contributed by atoms with E-state index in [-0.39, 0.29) is 0 Å². The Morgan fingerprint density at radius 3 is 2.24 bits per heavy atom. The van der Waals surface area contributed by atoms with E-state index in [4.69, 9.17) is 4.98 Å². The van der Waals surface area contributed by atoms with Gasteiger partial charge < -0.3 is 0 Å². The van der Waals surface area contributed by atoms with Crippen molar-refractivity contribution in [2.24, 2.45) is 0 Å². The van der Waals surface area contributed by atoms with Gasteiger partial charge in [0, 0.05) is 11.4 Å². The Morgan fingerprint density at radius 1 is 1.00 bits per heavy atom. The SMILES string of the molecule is CCCCc1cc(CCCC)nc(C(C)C)c1. The molecule has 0 unspecified atom stereocenters. The summed E-state index contributed by atoms with van der Waals surface area (Å²) in [5, 5.41) is 0. The third-order valence-corrected chi connectivity index (χ3v) is 3.16. The summed E-state index contributed by atoms with van der Waals surface area (Å²) in [5.41, 5.74) is 4.05. The van der Waals surface area contributed by atoms with Crippen LogP contribution in [0.4, 0.5) is 0 Å². The maximum absolute atomic E-state index is 4.78. The lowest BCUT2D eigenvalue weighted by atomic mass is 10.0. The minimum atomic E-state index is 0.539. The molecular formula is C16H27N. The number of hydrogen-bond acceptors (Lipinski definition) is 1. The highest BCUT2D eigenvalue weighted by atomic mass is 14.7. The summed E-state index contributed by atoms with van der Waals surface area (Å²) in [6.07, 6.45) is 7.39. The van der Waals surface area contributed by atoms with Crippen LogP contribution in [0.1, 0.15) is 76.2 Å². The van der Waals surface area contributed by atoms with Crippen LogP contribution in [0.5, 0.6) is 0 Å². The van der Waals surface area contributed by atoms with Crippen molar-refractivity contribution in [1.29, 1.82) is 0 Å². The van der Waals surface area contributed by atoms with Gasteiger partial charge in [-0.05, 0) is 49.3 Å². The highest BCUT2D eigenvalue weighted by Gasteiger charge is 2.06. The zero-order valence-electron chi connectivity index (χ0n) is 11.9. The first-order valence-corrected chi connectivity index (χ1v) is 7.17. The second-order valence-electron chi connectivity index (χ2n) is 5.25. The second kappa shape index (κ2) is 7.47. The van der Waals surface area contributed by atoms with Crippen LogP contribution in [0.25, 0.3) is 0 Å². The van der Waals surface area contributed by atoms with Crippen molar-refractivity contribution in [3.8, 4) is 0 Å². The fourth-order valence-electron chi connectivity index (χ4n) is 1.98. The summed E-state index contributed by atoms with van der Waals surface area (Å²) in [6, 6.07) is 4.62. The molecule has 0 N–H and O–H groups in total. The molecule has 0 atom stereocenters. The molecule has 0 saturated carbocycles. The van der Waals surface area contributed by atoms with E-state index in [1.165, 1.54) is 49.1 Å². The molecule has 0 saturated heterocycles. The van der Waals surface area contributed by atoms with Crippen LogP contribution in [0.3, 0.4) is 0 Å². The van der Waals surface area contributed by atoms with Crippen LogP contribution in [0.2, 0.25) is 0 Å². The minimum Gasteiger partial charge on any atom is -0.258 e. The van der Waals surface area contributed by atoms with E-state index >= 15 is 0 Å². The Hall–Kier alpha value is -0.850. The quantitative estimate of drug-likeness (QED) is 0.653. The first kappa shape index (κ1) is 14.2. The number of nitrogens with zero attached hydrogens (tertiary/aromatic N) is 1. The van der Waals surface area contributed by atoms with Crippen molar-refractivity contribution in [3.63, 3.8) is 0 Å². The summed E-state index contributed by atoms with van der Waals surface area (Å²) < 4.78 is 0. The van der Waals surface area contributed by atoms with Gasteiger partial charge in [-0.15, -0.1) is 0 Å². The Morgan fingerprint density at radius 2 is 1.65 bits per heavy atom. The van der Waals surface area contributed by atoms with E-state index in [0.717, 1.165) is 6.42 Å². The molecule has 0 aromatic carbocycles. The molecule has 0 radical (unpaired) electrons. The van der Waals surface area contributed by atoms with Crippen LogP contribution in [-0.4, -0.2) is 4.98 Å². The van der Waals surface area contributed by atoms with Gasteiger partial charge in [-0.2, -0.15) is 0 Å².